The highest BCUT2D eigenvalue weighted by molar-refractivity contribution is 7.89. The summed E-state index contributed by atoms with van der Waals surface area (Å²) in [5.41, 5.74) is 2.69. The van der Waals surface area contributed by atoms with Crippen LogP contribution in [0.25, 0.3) is 0 Å². The van der Waals surface area contributed by atoms with Crippen LogP contribution >= 0.6 is 0 Å². The van der Waals surface area contributed by atoms with Gasteiger partial charge in [-0.25, -0.2) is 13.1 Å². The number of hydrogen-bond acceptors (Lipinski definition) is 4. The Morgan fingerprint density at radius 3 is 2.71 bits per heavy atom. The van der Waals surface area contributed by atoms with E-state index in [4.69, 9.17) is 4.74 Å². The number of ether oxygens (including phenoxy) is 1. The number of nitrogens with zero attached hydrogens (tertiary/aromatic N) is 1. The van der Waals surface area contributed by atoms with Gasteiger partial charge in [0.15, 0.2) is 0 Å². The molecule has 7 heteroatoms. The third-order valence-corrected chi connectivity index (χ3v) is 6.39. The molecule has 2 aromatic carbocycles. The van der Waals surface area contributed by atoms with E-state index in [0.717, 1.165) is 22.6 Å². The van der Waals surface area contributed by atoms with Gasteiger partial charge in [0, 0.05) is 18.7 Å². The van der Waals surface area contributed by atoms with Crippen LogP contribution in [-0.2, 0) is 21.2 Å². The molecular formula is C21H26N2O4S. The van der Waals surface area contributed by atoms with Crippen LogP contribution in [0.4, 0.5) is 5.69 Å². The van der Waals surface area contributed by atoms with Gasteiger partial charge in [-0.1, -0.05) is 25.1 Å². The molecule has 1 heterocycles. The number of anilines is 1. The van der Waals surface area contributed by atoms with Crippen molar-refractivity contribution >= 4 is 21.6 Å². The van der Waals surface area contributed by atoms with Crippen LogP contribution in [0.2, 0.25) is 0 Å². The number of fused-ring (bicyclic) bond motifs is 1. The van der Waals surface area contributed by atoms with Crippen LogP contribution in [0.15, 0.2) is 47.4 Å². The molecule has 1 unspecified atom stereocenters. The molecule has 0 bridgehead atoms. The fourth-order valence-electron chi connectivity index (χ4n) is 3.30. The zero-order valence-corrected chi connectivity index (χ0v) is 17.3. The summed E-state index contributed by atoms with van der Waals surface area (Å²) in [7, 11) is -3.67. The zero-order valence-electron chi connectivity index (χ0n) is 16.4. The van der Waals surface area contributed by atoms with Gasteiger partial charge in [-0.2, -0.15) is 0 Å². The van der Waals surface area contributed by atoms with Crippen LogP contribution in [-0.4, -0.2) is 33.5 Å². The van der Waals surface area contributed by atoms with E-state index in [1.54, 1.807) is 30.0 Å². The summed E-state index contributed by atoms with van der Waals surface area (Å²) in [6.07, 6.45) is 1.09. The Balaban J connectivity index is 1.68. The average molecular weight is 403 g/mol. The number of aryl methyl sites for hydroxylation is 1. The minimum Gasteiger partial charge on any atom is -0.492 e. The van der Waals surface area contributed by atoms with Crippen LogP contribution in [0.5, 0.6) is 5.75 Å². The number of sulfonamides is 1. The van der Waals surface area contributed by atoms with Crippen molar-refractivity contribution in [1.82, 2.24) is 4.72 Å². The van der Waals surface area contributed by atoms with Gasteiger partial charge in [-0.15, -0.1) is 0 Å². The van der Waals surface area contributed by atoms with E-state index in [0.29, 0.717) is 19.4 Å². The second-order valence-corrected chi connectivity index (χ2v) is 8.75. The molecule has 1 aliphatic rings. The predicted octanol–water partition coefficient (Wildman–Crippen LogP) is 3.04. The normalized spacial score (nSPS) is 14.6. The number of para-hydroxylation sites is 1. The van der Waals surface area contributed by atoms with Crippen molar-refractivity contribution in [3.05, 3.63) is 53.6 Å². The molecule has 0 saturated carbocycles. The molecule has 0 saturated heterocycles. The van der Waals surface area contributed by atoms with Gasteiger partial charge in [0.2, 0.25) is 15.9 Å². The molecule has 1 amide bonds. The molecule has 28 heavy (non-hydrogen) atoms. The molecule has 0 spiro atoms. The van der Waals surface area contributed by atoms with Crippen LogP contribution in [0.1, 0.15) is 31.4 Å². The Hall–Kier alpha value is -2.38. The van der Waals surface area contributed by atoms with E-state index >= 15 is 0 Å². The first-order chi connectivity index (χ1) is 13.3. The van der Waals surface area contributed by atoms with Gasteiger partial charge in [0.05, 0.1) is 10.9 Å². The fraction of sp³-hybridized carbons (Fsp3) is 0.381. The highest BCUT2D eigenvalue weighted by Gasteiger charge is 2.26. The second-order valence-electron chi connectivity index (χ2n) is 7.04. The number of amides is 1. The SMILES string of the molecule is CCC(=O)N1CCc2cc(S(=O)(=O)NC(C)COc3ccccc3C)ccc21. The molecule has 1 atom stereocenters. The minimum absolute atomic E-state index is 0.0504. The van der Waals surface area contributed by atoms with Crippen molar-refractivity contribution in [2.45, 2.75) is 44.6 Å². The van der Waals surface area contributed by atoms with Crippen molar-refractivity contribution in [3.63, 3.8) is 0 Å². The minimum atomic E-state index is -3.67. The maximum absolute atomic E-state index is 12.7. The zero-order chi connectivity index (χ0) is 20.3. The van der Waals surface area contributed by atoms with E-state index in [-0.39, 0.29) is 17.4 Å². The summed E-state index contributed by atoms with van der Waals surface area (Å²) in [4.78, 5) is 13.9. The van der Waals surface area contributed by atoms with Crippen molar-refractivity contribution in [3.8, 4) is 5.75 Å². The Labute approximate surface area is 166 Å². The van der Waals surface area contributed by atoms with Crippen molar-refractivity contribution < 1.29 is 17.9 Å². The molecule has 6 nitrogen and oxygen atoms in total. The third-order valence-electron chi connectivity index (χ3n) is 4.80. The lowest BCUT2D eigenvalue weighted by atomic mass is 10.2. The van der Waals surface area contributed by atoms with Crippen molar-refractivity contribution in [1.29, 1.82) is 0 Å². The van der Waals surface area contributed by atoms with Gasteiger partial charge < -0.3 is 9.64 Å². The molecule has 0 aromatic heterocycles. The molecule has 1 aliphatic heterocycles. The number of hydrogen-bond donors (Lipinski definition) is 1. The smallest absolute Gasteiger partial charge is 0.240 e. The predicted molar refractivity (Wildman–Crippen MR) is 109 cm³/mol. The van der Waals surface area contributed by atoms with Crippen molar-refractivity contribution in [2.24, 2.45) is 0 Å². The van der Waals surface area contributed by atoms with Crippen LogP contribution in [0, 0.1) is 6.92 Å². The van der Waals surface area contributed by atoms with Crippen molar-refractivity contribution in [2.75, 3.05) is 18.1 Å². The number of carbonyl (C=O) groups is 1. The van der Waals surface area contributed by atoms with Crippen LogP contribution < -0.4 is 14.4 Å². The van der Waals surface area contributed by atoms with E-state index < -0.39 is 16.1 Å². The fourth-order valence-corrected chi connectivity index (χ4v) is 4.57. The first-order valence-corrected chi connectivity index (χ1v) is 10.9. The lowest BCUT2D eigenvalue weighted by Gasteiger charge is -2.18. The number of carbonyl (C=O) groups excluding carboxylic acids is 1. The first kappa shape index (κ1) is 20.4. The molecule has 3 rings (SSSR count). The first-order valence-electron chi connectivity index (χ1n) is 9.46. The summed E-state index contributed by atoms with van der Waals surface area (Å²) in [5, 5.41) is 0. The summed E-state index contributed by atoms with van der Waals surface area (Å²) in [6.45, 7) is 6.36. The lowest BCUT2D eigenvalue weighted by Crippen LogP contribution is -2.36. The van der Waals surface area contributed by atoms with E-state index in [1.165, 1.54) is 0 Å². The largest absolute Gasteiger partial charge is 0.492 e. The van der Waals surface area contributed by atoms with Gasteiger partial charge in [-0.05, 0) is 55.7 Å². The van der Waals surface area contributed by atoms with E-state index in [2.05, 4.69) is 4.72 Å². The summed E-state index contributed by atoms with van der Waals surface area (Å²) < 4.78 is 33.9. The molecule has 0 fully saturated rings. The monoisotopic (exact) mass is 402 g/mol. The second kappa shape index (κ2) is 8.32. The highest BCUT2D eigenvalue weighted by Crippen LogP contribution is 2.30. The molecule has 0 aliphatic carbocycles. The molecule has 1 N–H and O–H groups in total. The number of nitrogens with one attached hydrogen (secondary N) is 1. The average Bonchev–Trinajstić information content (AvgIpc) is 3.09. The third kappa shape index (κ3) is 4.36. The summed E-state index contributed by atoms with van der Waals surface area (Å²) in [6, 6.07) is 12.2. The topological polar surface area (TPSA) is 75.7 Å². The van der Waals surface area contributed by atoms with Gasteiger partial charge >= 0.3 is 0 Å². The summed E-state index contributed by atoms with van der Waals surface area (Å²) >= 11 is 0. The quantitative estimate of drug-likeness (QED) is 0.772. The maximum Gasteiger partial charge on any atom is 0.240 e. The standard InChI is InChI=1S/C21H26N2O4S/c1-4-21(24)23-12-11-17-13-18(9-10-19(17)23)28(25,26)22-16(3)14-27-20-8-6-5-7-15(20)2/h5-10,13,16,22H,4,11-12,14H2,1-3H3. The van der Waals surface area contributed by atoms with Gasteiger partial charge in [0.25, 0.3) is 0 Å². The molecular weight excluding hydrogens is 376 g/mol. The Morgan fingerprint density at radius 2 is 2.00 bits per heavy atom. The maximum atomic E-state index is 12.7. The van der Waals surface area contributed by atoms with E-state index in [9.17, 15) is 13.2 Å². The number of rotatable bonds is 7. The van der Waals surface area contributed by atoms with Crippen LogP contribution in [0.3, 0.4) is 0 Å². The molecule has 2 aromatic rings. The highest BCUT2D eigenvalue weighted by atomic mass is 32.2. The van der Waals surface area contributed by atoms with Gasteiger partial charge in [0.1, 0.15) is 12.4 Å². The van der Waals surface area contributed by atoms with E-state index in [1.807, 2.05) is 38.1 Å². The Morgan fingerprint density at radius 1 is 1.25 bits per heavy atom. The lowest BCUT2D eigenvalue weighted by molar-refractivity contribution is -0.118. The molecule has 0 radical (unpaired) electrons. The number of benzene rings is 2. The molecule has 150 valence electrons. The Kier molecular flexibility index (Phi) is 6.05. The Bertz CT molecular complexity index is 972. The summed E-state index contributed by atoms with van der Waals surface area (Å²) in [5.74, 6) is 0.793. The van der Waals surface area contributed by atoms with Gasteiger partial charge in [-0.3, -0.25) is 4.79 Å².